The smallest absolute Gasteiger partial charge is 0.261 e. The lowest BCUT2D eigenvalue weighted by Gasteiger charge is -2.06. The molecule has 0 aromatic carbocycles. The molecule has 0 bridgehead atoms. The van der Waals surface area contributed by atoms with Gasteiger partial charge in [0.1, 0.15) is 0 Å². The van der Waals surface area contributed by atoms with Crippen LogP contribution in [0.15, 0.2) is 12.1 Å². The van der Waals surface area contributed by atoms with Gasteiger partial charge in [0, 0.05) is 11.5 Å². The Morgan fingerprint density at radius 3 is 3.09 bits per heavy atom. The van der Waals surface area contributed by atoms with Crippen molar-refractivity contribution in [3.8, 4) is 0 Å². The monoisotopic (exact) mass is 337 g/mol. The quantitative estimate of drug-likeness (QED) is 0.907. The molecule has 1 amide bonds. The van der Waals surface area contributed by atoms with Gasteiger partial charge < -0.3 is 10.1 Å². The minimum atomic E-state index is -0.0441. The number of carbonyl (C=O) groups excluding carboxylic acids is 1. The molecule has 1 aliphatic rings. The van der Waals surface area contributed by atoms with Crippen LogP contribution in [0.3, 0.4) is 0 Å². The van der Waals surface area contributed by atoms with E-state index in [2.05, 4.69) is 28.8 Å². The average Bonchev–Trinajstić information content (AvgIpc) is 3.23. The fourth-order valence-electron chi connectivity index (χ4n) is 2.47. The van der Waals surface area contributed by atoms with Crippen molar-refractivity contribution in [3.63, 3.8) is 0 Å². The van der Waals surface area contributed by atoms with Crippen LogP contribution in [0.4, 0.5) is 0 Å². The summed E-state index contributed by atoms with van der Waals surface area (Å²) < 4.78 is 9.63. The Morgan fingerprint density at radius 1 is 1.50 bits per heavy atom. The average molecular weight is 337 g/mol. The summed E-state index contributed by atoms with van der Waals surface area (Å²) in [5.41, 5.74) is 0.969. The van der Waals surface area contributed by atoms with Gasteiger partial charge in [-0.15, -0.1) is 16.4 Å². The molecular formula is C15H19N3O2S2. The molecule has 22 heavy (non-hydrogen) atoms. The molecule has 0 unspecified atom stereocenters. The fourth-order valence-corrected chi connectivity index (χ4v) is 4.22. The highest BCUT2D eigenvalue weighted by Gasteiger charge is 2.21. The van der Waals surface area contributed by atoms with Gasteiger partial charge in [-0.25, -0.2) is 0 Å². The molecule has 1 fully saturated rings. The standard InChI is InChI=1S/C15H19N3O2S2/c1-9(2)14-13(22-18-17-14)8-16-15(19)12-6-5-11(21-12)10-4-3-7-20-10/h5-6,9-10H,3-4,7-8H2,1-2H3,(H,16,19)/t10-/m1/s1. The highest BCUT2D eigenvalue weighted by atomic mass is 32.1. The zero-order valence-electron chi connectivity index (χ0n) is 12.7. The van der Waals surface area contributed by atoms with Gasteiger partial charge in [0.25, 0.3) is 5.91 Å². The van der Waals surface area contributed by atoms with Gasteiger partial charge in [0.2, 0.25) is 0 Å². The molecule has 3 rings (SSSR count). The number of nitrogens with one attached hydrogen (secondary N) is 1. The van der Waals surface area contributed by atoms with E-state index in [0.29, 0.717) is 12.5 Å². The number of carbonyl (C=O) groups is 1. The van der Waals surface area contributed by atoms with E-state index in [1.807, 2.05) is 12.1 Å². The topological polar surface area (TPSA) is 64.1 Å². The van der Waals surface area contributed by atoms with Crippen LogP contribution < -0.4 is 5.32 Å². The van der Waals surface area contributed by atoms with Crippen LogP contribution in [0.1, 0.15) is 63.8 Å². The third kappa shape index (κ3) is 3.37. The Hall–Kier alpha value is -1.31. The van der Waals surface area contributed by atoms with Crippen LogP contribution in [0.2, 0.25) is 0 Å². The lowest BCUT2D eigenvalue weighted by molar-refractivity contribution is 0.0955. The second-order valence-electron chi connectivity index (χ2n) is 5.62. The highest BCUT2D eigenvalue weighted by Crippen LogP contribution is 2.33. The molecule has 5 nitrogen and oxygen atoms in total. The van der Waals surface area contributed by atoms with Gasteiger partial charge in [-0.05, 0) is 42.4 Å². The molecule has 3 heterocycles. The Bertz CT molecular complexity index is 645. The van der Waals surface area contributed by atoms with E-state index >= 15 is 0 Å². The Labute approximate surface area is 137 Å². The molecule has 0 aliphatic carbocycles. The third-order valence-electron chi connectivity index (χ3n) is 3.64. The number of ether oxygens (including phenoxy) is 1. The molecule has 2 aromatic heterocycles. The SMILES string of the molecule is CC(C)c1nnsc1CNC(=O)c1ccc([C@H]2CCCO2)s1. The summed E-state index contributed by atoms with van der Waals surface area (Å²) in [6.07, 6.45) is 2.32. The number of aromatic nitrogens is 2. The van der Waals surface area contributed by atoms with Crippen molar-refractivity contribution in [1.82, 2.24) is 14.9 Å². The van der Waals surface area contributed by atoms with Crippen LogP contribution in [0.5, 0.6) is 0 Å². The first kappa shape index (κ1) is 15.6. The normalized spacial score (nSPS) is 18.0. The van der Waals surface area contributed by atoms with E-state index in [1.54, 1.807) is 0 Å². The zero-order chi connectivity index (χ0) is 15.5. The van der Waals surface area contributed by atoms with Crippen molar-refractivity contribution in [2.45, 2.75) is 45.3 Å². The van der Waals surface area contributed by atoms with E-state index in [4.69, 9.17) is 4.74 Å². The first-order valence-electron chi connectivity index (χ1n) is 7.46. The van der Waals surface area contributed by atoms with Crippen molar-refractivity contribution in [2.24, 2.45) is 0 Å². The third-order valence-corrected chi connectivity index (χ3v) is 5.55. The zero-order valence-corrected chi connectivity index (χ0v) is 14.3. The second kappa shape index (κ2) is 6.85. The van der Waals surface area contributed by atoms with E-state index in [1.165, 1.54) is 22.9 Å². The predicted octanol–water partition coefficient (Wildman–Crippen LogP) is 3.50. The van der Waals surface area contributed by atoms with Gasteiger partial charge in [0.05, 0.1) is 28.1 Å². The maximum Gasteiger partial charge on any atom is 0.261 e. The van der Waals surface area contributed by atoms with Crippen LogP contribution in [-0.4, -0.2) is 22.1 Å². The van der Waals surface area contributed by atoms with Gasteiger partial charge in [-0.2, -0.15) is 0 Å². The van der Waals surface area contributed by atoms with Crippen molar-refractivity contribution >= 4 is 28.8 Å². The van der Waals surface area contributed by atoms with Crippen LogP contribution in [-0.2, 0) is 11.3 Å². The largest absolute Gasteiger partial charge is 0.373 e. The molecule has 2 aromatic rings. The second-order valence-corrected chi connectivity index (χ2v) is 7.58. The van der Waals surface area contributed by atoms with Crippen molar-refractivity contribution in [2.75, 3.05) is 6.61 Å². The van der Waals surface area contributed by atoms with Gasteiger partial charge in [0.15, 0.2) is 0 Å². The lowest BCUT2D eigenvalue weighted by Crippen LogP contribution is -2.22. The first-order chi connectivity index (χ1) is 10.6. The van der Waals surface area contributed by atoms with Crippen molar-refractivity contribution in [1.29, 1.82) is 0 Å². The number of rotatable bonds is 5. The van der Waals surface area contributed by atoms with Crippen LogP contribution in [0.25, 0.3) is 0 Å². The molecular weight excluding hydrogens is 318 g/mol. The van der Waals surface area contributed by atoms with E-state index < -0.39 is 0 Å². The van der Waals surface area contributed by atoms with E-state index in [0.717, 1.165) is 39.8 Å². The summed E-state index contributed by atoms with van der Waals surface area (Å²) in [6, 6.07) is 3.88. The molecule has 7 heteroatoms. The minimum absolute atomic E-state index is 0.0441. The Kier molecular flexibility index (Phi) is 4.85. The molecule has 1 aliphatic heterocycles. The van der Waals surface area contributed by atoms with Gasteiger partial charge in [-0.1, -0.05) is 18.3 Å². The fraction of sp³-hybridized carbons (Fsp3) is 0.533. The van der Waals surface area contributed by atoms with Gasteiger partial charge in [-0.3, -0.25) is 4.79 Å². The maximum absolute atomic E-state index is 12.3. The van der Waals surface area contributed by atoms with Gasteiger partial charge >= 0.3 is 0 Å². The number of thiophene rings is 1. The molecule has 0 radical (unpaired) electrons. The molecule has 0 spiro atoms. The van der Waals surface area contributed by atoms with Crippen LogP contribution in [0, 0.1) is 0 Å². The first-order valence-corrected chi connectivity index (χ1v) is 9.05. The molecule has 1 saturated heterocycles. The molecule has 0 saturated carbocycles. The van der Waals surface area contributed by atoms with Crippen molar-refractivity contribution in [3.05, 3.63) is 32.5 Å². The summed E-state index contributed by atoms with van der Waals surface area (Å²) in [5, 5.41) is 7.09. The summed E-state index contributed by atoms with van der Waals surface area (Å²) in [7, 11) is 0. The number of hydrogen-bond donors (Lipinski definition) is 1. The molecule has 1 atom stereocenters. The maximum atomic E-state index is 12.3. The van der Waals surface area contributed by atoms with Crippen molar-refractivity contribution < 1.29 is 9.53 Å². The lowest BCUT2D eigenvalue weighted by atomic mass is 10.1. The summed E-state index contributed by atoms with van der Waals surface area (Å²) in [6.45, 7) is 5.46. The molecule has 118 valence electrons. The summed E-state index contributed by atoms with van der Waals surface area (Å²) in [4.78, 5) is 15.2. The number of amides is 1. The summed E-state index contributed by atoms with van der Waals surface area (Å²) in [5.74, 6) is 0.274. The highest BCUT2D eigenvalue weighted by molar-refractivity contribution is 7.14. The molecule has 1 N–H and O–H groups in total. The summed E-state index contributed by atoms with van der Waals surface area (Å²) >= 11 is 2.87. The predicted molar refractivity (Wildman–Crippen MR) is 87.4 cm³/mol. The van der Waals surface area contributed by atoms with E-state index in [9.17, 15) is 4.79 Å². The van der Waals surface area contributed by atoms with Crippen LogP contribution >= 0.6 is 22.9 Å². The number of hydrogen-bond acceptors (Lipinski definition) is 6. The minimum Gasteiger partial charge on any atom is -0.373 e. The Morgan fingerprint density at radius 2 is 2.36 bits per heavy atom. The van der Waals surface area contributed by atoms with E-state index in [-0.39, 0.29) is 12.0 Å². The number of nitrogens with zero attached hydrogens (tertiary/aromatic N) is 2. The Balaban J connectivity index is 1.61.